The van der Waals surface area contributed by atoms with Crippen LogP contribution in [0, 0.1) is 15.8 Å². The summed E-state index contributed by atoms with van der Waals surface area (Å²) >= 11 is 0. The van der Waals surface area contributed by atoms with E-state index in [1.807, 2.05) is 0 Å². The highest BCUT2D eigenvalue weighted by molar-refractivity contribution is 7.86. The zero-order valence-electron chi connectivity index (χ0n) is 20.2. The van der Waals surface area contributed by atoms with Gasteiger partial charge in [-0.2, -0.15) is 16.8 Å². The Bertz CT molecular complexity index is 2270. The number of aliphatic hydroxyl groups is 1. The number of rotatable bonds is 7. The number of fused-ring (bicyclic) bond motifs is 1. The van der Waals surface area contributed by atoms with Gasteiger partial charge in [0.15, 0.2) is 16.6 Å². The molecule has 0 amide bonds. The predicted octanol–water partition coefficient (Wildman–Crippen LogP) is 0.271. The maximum Gasteiger partial charge on any atom is 0.296 e. The van der Waals surface area contributed by atoms with Crippen LogP contribution in [0.1, 0.15) is 6.92 Å². The van der Waals surface area contributed by atoms with Crippen LogP contribution in [0.2, 0.25) is 0 Å². The summed E-state index contributed by atoms with van der Waals surface area (Å²) in [5.74, 6) is -0.618. The fourth-order valence-corrected chi connectivity index (χ4v) is 5.21. The summed E-state index contributed by atoms with van der Waals surface area (Å²) in [4.78, 5) is 40.4. The molecule has 2 aromatic carbocycles. The van der Waals surface area contributed by atoms with E-state index < -0.39 is 67.8 Å². The maximum atomic E-state index is 13.4. The van der Waals surface area contributed by atoms with Gasteiger partial charge in [-0.1, -0.05) is 24.3 Å². The molecular formula is C24H18N4O10S2. The number of aliphatic hydroxyl groups excluding tert-OH is 1. The number of ketones is 1. The molecule has 40 heavy (non-hydrogen) atoms. The first-order chi connectivity index (χ1) is 18.6. The smallest absolute Gasteiger partial charge is 0.296 e. The van der Waals surface area contributed by atoms with E-state index in [4.69, 9.17) is 10.5 Å². The van der Waals surface area contributed by atoms with Crippen LogP contribution in [0.15, 0.2) is 84.9 Å². The second kappa shape index (κ2) is 10.1. The molecule has 4 rings (SSSR count). The number of allylic oxidation sites excluding steroid dienone is 1. The highest BCUT2D eigenvalue weighted by Crippen LogP contribution is 2.26. The molecule has 0 fully saturated rings. The first-order valence-corrected chi connectivity index (χ1v) is 13.8. The number of benzene rings is 2. The van der Waals surface area contributed by atoms with Crippen molar-refractivity contribution < 1.29 is 35.8 Å². The molecule has 0 radical (unpaired) electrons. The SMILES string of the molecule is CC(=O)C(=CO)NNc1ccc(N=c2cc(S(=O)(=O)O)c(=N)c3c(=O)c4ccccc4c(=O)c2=3)cc1S(=O)(=O)O. The Balaban J connectivity index is 2.10. The van der Waals surface area contributed by atoms with Crippen molar-refractivity contribution in [1.29, 1.82) is 5.41 Å². The molecule has 206 valence electrons. The average Bonchev–Trinajstić information content (AvgIpc) is 2.87. The number of nitrogens with zero attached hydrogens (tertiary/aromatic N) is 1. The Morgan fingerprint density at radius 1 is 0.900 bits per heavy atom. The fraction of sp³-hybridized carbons (Fsp3) is 0.0417. The average molecular weight is 587 g/mol. The van der Waals surface area contributed by atoms with Gasteiger partial charge in [0, 0.05) is 17.7 Å². The first-order valence-electron chi connectivity index (χ1n) is 10.9. The van der Waals surface area contributed by atoms with Gasteiger partial charge in [-0.05, 0) is 24.3 Å². The zero-order valence-corrected chi connectivity index (χ0v) is 21.8. The molecule has 0 spiro atoms. The van der Waals surface area contributed by atoms with Crippen LogP contribution in [0.4, 0.5) is 11.4 Å². The Hall–Kier alpha value is -4.77. The number of carbonyl (C=O) groups is 1. The summed E-state index contributed by atoms with van der Waals surface area (Å²) in [5.41, 5.74) is 2.06. The van der Waals surface area contributed by atoms with Crippen molar-refractivity contribution in [2.45, 2.75) is 16.7 Å². The number of Topliss-reactive ketones (excluding diaryl/α,β-unsaturated/α-hetero) is 1. The van der Waals surface area contributed by atoms with E-state index in [0.717, 1.165) is 19.1 Å². The molecule has 14 nitrogen and oxygen atoms in total. The molecule has 0 saturated heterocycles. The topological polar surface area (TPSA) is 240 Å². The third-order valence-corrected chi connectivity index (χ3v) is 7.52. The van der Waals surface area contributed by atoms with Crippen molar-refractivity contribution in [3.8, 4) is 0 Å². The fourth-order valence-electron chi connectivity index (χ4n) is 3.92. The number of hydrogen-bond donors (Lipinski definition) is 6. The Labute approximate surface area is 223 Å². The minimum Gasteiger partial charge on any atom is -0.513 e. The van der Waals surface area contributed by atoms with Crippen molar-refractivity contribution in [2.75, 3.05) is 5.43 Å². The number of hydrogen-bond acceptors (Lipinski definition) is 12. The van der Waals surface area contributed by atoms with Crippen molar-refractivity contribution in [1.82, 2.24) is 5.43 Å². The number of nitrogens with one attached hydrogen (secondary N) is 3. The monoisotopic (exact) mass is 586 g/mol. The Kier molecular flexibility index (Phi) is 7.12. The van der Waals surface area contributed by atoms with Gasteiger partial charge in [-0.3, -0.25) is 39.7 Å². The van der Waals surface area contributed by atoms with Crippen molar-refractivity contribution in [3.63, 3.8) is 0 Å². The van der Waals surface area contributed by atoms with Gasteiger partial charge >= 0.3 is 0 Å². The highest BCUT2D eigenvalue weighted by Gasteiger charge is 2.20. The molecule has 0 atom stereocenters. The third-order valence-electron chi connectivity index (χ3n) is 5.75. The van der Waals surface area contributed by atoms with Crippen LogP contribution in [0.25, 0.3) is 10.8 Å². The van der Waals surface area contributed by atoms with E-state index in [2.05, 4.69) is 15.8 Å². The molecule has 0 aromatic heterocycles. The minimum absolute atomic E-state index is 0.0436. The summed E-state index contributed by atoms with van der Waals surface area (Å²) in [6.45, 7) is 1.11. The van der Waals surface area contributed by atoms with E-state index in [1.165, 1.54) is 30.3 Å². The maximum absolute atomic E-state index is 13.4. The summed E-state index contributed by atoms with van der Waals surface area (Å²) in [7, 11) is -10.0. The molecule has 0 aliphatic heterocycles. The molecule has 0 bridgehead atoms. The summed E-state index contributed by atoms with van der Waals surface area (Å²) in [6, 6.07) is 9.40. The second-order valence-corrected chi connectivity index (χ2v) is 11.1. The first kappa shape index (κ1) is 28.2. The standard InChI is InChI=1S/C24H18N4O10S2/c1-11(30)17(10-29)28-27-15-7-6-12(8-18(15)39(33,34)35)26-16-9-19(40(36,37)38)22(25)21-20(16)23(31)13-4-2-3-5-14(13)24(21)32/h2-10,25,27-29H,1H3,(H,33,34,35)(H,36,37,38). The van der Waals surface area contributed by atoms with E-state index in [1.54, 1.807) is 0 Å². The van der Waals surface area contributed by atoms with Crippen LogP contribution in [0.3, 0.4) is 0 Å². The molecule has 2 aliphatic rings. The van der Waals surface area contributed by atoms with Crippen molar-refractivity contribution in [3.05, 3.63) is 102 Å². The van der Waals surface area contributed by atoms with Crippen LogP contribution < -0.4 is 32.4 Å². The normalized spacial score (nSPS) is 13.1. The van der Waals surface area contributed by atoms with Crippen molar-refractivity contribution >= 4 is 48.2 Å². The Morgan fingerprint density at radius 2 is 1.48 bits per heavy atom. The molecule has 2 aliphatic carbocycles. The highest BCUT2D eigenvalue weighted by atomic mass is 32.2. The molecule has 6 N–H and O–H groups in total. The van der Waals surface area contributed by atoms with Gasteiger partial charge in [0.25, 0.3) is 20.2 Å². The van der Waals surface area contributed by atoms with E-state index in [0.29, 0.717) is 12.3 Å². The molecule has 0 saturated carbocycles. The van der Waals surface area contributed by atoms with Crippen LogP contribution in [0.5, 0.6) is 0 Å². The summed E-state index contributed by atoms with van der Waals surface area (Å²) in [6.07, 6.45) is 0.425. The van der Waals surface area contributed by atoms with E-state index >= 15 is 0 Å². The summed E-state index contributed by atoms with van der Waals surface area (Å²) in [5, 5.41) is 14.8. The lowest BCUT2D eigenvalue weighted by Gasteiger charge is -2.13. The second-order valence-electron chi connectivity index (χ2n) is 8.31. The van der Waals surface area contributed by atoms with Gasteiger partial charge in [-0.15, -0.1) is 0 Å². The van der Waals surface area contributed by atoms with Crippen LogP contribution in [-0.4, -0.2) is 36.8 Å². The molecule has 0 heterocycles. The van der Waals surface area contributed by atoms with Crippen LogP contribution >= 0.6 is 0 Å². The minimum atomic E-state index is -5.08. The lowest BCUT2D eigenvalue weighted by molar-refractivity contribution is -0.114. The van der Waals surface area contributed by atoms with Gasteiger partial charge in [-0.25, -0.2) is 4.99 Å². The molecule has 0 unspecified atom stereocenters. The molecular weight excluding hydrogens is 568 g/mol. The number of carbonyl (C=O) groups excluding carboxylic acids is 1. The number of anilines is 1. The lowest BCUT2D eigenvalue weighted by atomic mass is 10.0. The third kappa shape index (κ3) is 5.10. The Morgan fingerprint density at radius 3 is 2.00 bits per heavy atom. The molecule has 16 heteroatoms. The van der Waals surface area contributed by atoms with E-state index in [9.17, 15) is 40.3 Å². The quantitative estimate of drug-likeness (QED) is 0.0740. The van der Waals surface area contributed by atoms with E-state index in [-0.39, 0.29) is 27.8 Å². The zero-order chi connectivity index (χ0) is 29.6. The van der Waals surface area contributed by atoms with Gasteiger partial charge in [0.2, 0.25) is 0 Å². The van der Waals surface area contributed by atoms with Gasteiger partial charge in [0.05, 0.1) is 32.5 Å². The summed E-state index contributed by atoms with van der Waals surface area (Å²) < 4.78 is 67.7. The molecule has 2 aromatic rings. The predicted molar refractivity (Wildman–Crippen MR) is 139 cm³/mol. The van der Waals surface area contributed by atoms with Crippen molar-refractivity contribution in [2.24, 2.45) is 4.99 Å². The largest absolute Gasteiger partial charge is 0.513 e. The number of hydrazine groups is 1. The van der Waals surface area contributed by atoms with Gasteiger partial charge < -0.3 is 5.11 Å². The lowest BCUT2D eigenvalue weighted by Crippen LogP contribution is -2.32. The van der Waals surface area contributed by atoms with Gasteiger partial charge in [0.1, 0.15) is 21.8 Å². The van der Waals surface area contributed by atoms with Crippen LogP contribution in [-0.2, 0) is 25.0 Å².